The third kappa shape index (κ3) is 5.00. The minimum absolute atomic E-state index is 0.0245. The number of hydrogen-bond acceptors (Lipinski definition) is 7. The average Bonchev–Trinajstić information content (AvgIpc) is 3.37. The van der Waals surface area contributed by atoms with Crippen LogP contribution in [0.2, 0.25) is 0 Å². The molecule has 10 heteroatoms. The molecule has 3 heterocycles. The fourth-order valence-corrected chi connectivity index (χ4v) is 3.71. The van der Waals surface area contributed by atoms with Gasteiger partial charge < -0.3 is 19.1 Å². The first kappa shape index (κ1) is 21.0. The van der Waals surface area contributed by atoms with Gasteiger partial charge in [0.25, 0.3) is 11.8 Å². The Morgan fingerprint density at radius 2 is 2.24 bits per heavy atom. The lowest BCUT2D eigenvalue weighted by molar-refractivity contribution is -0.132. The summed E-state index contributed by atoms with van der Waals surface area (Å²) in [7, 11) is 1.56. The molecular formula is C19H28N6O4. The van der Waals surface area contributed by atoms with Crippen LogP contribution in [0.15, 0.2) is 16.8 Å². The van der Waals surface area contributed by atoms with Crippen LogP contribution < -0.4 is 0 Å². The van der Waals surface area contributed by atoms with E-state index in [0.29, 0.717) is 50.0 Å². The minimum Gasteiger partial charge on any atom is -0.375 e. The summed E-state index contributed by atoms with van der Waals surface area (Å²) >= 11 is 0. The molecule has 1 aliphatic rings. The molecular weight excluding hydrogens is 376 g/mol. The van der Waals surface area contributed by atoms with Crippen molar-refractivity contribution in [3.63, 3.8) is 0 Å². The Morgan fingerprint density at radius 3 is 2.97 bits per heavy atom. The van der Waals surface area contributed by atoms with Gasteiger partial charge in [0, 0.05) is 58.9 Å². The van der Waals surface area contributed by atoms with Crippen LogP contribution in [0, 0.1) is 0 Å². The quantitative estimate of drug-likeness (QED) is 0.649. The van der Waals surface area contributed by atoms with Crippen LogP contribution in [-0.2, 0) is 29.1 Å². The van der Waals surface area contributed by atoms with E-state index in [1.165, 1.54) is 0 Å². The molecule has 3 rings (SSSR count). The van der Waals surface area contributed by atoms with Gasteiger partial charge in [0.15, 0.2) is 5.82 Å². The van der Waals surface area contributed by atoms with E-state index in [0.717, 1.165) is 12.8 Å². The summed E-state index contributed by atoms with van der Waals surface area (Å²) in [6.07, 6.45) is 3.83. The van der Waals surface area contributed by atoms with Crippen LogP contribution in [0.5, 0.6) is 0 Å². The largest absolute Gasteiger partial charge is 0.375 e. The Balaban J connectivity index is 1.64. The monoisotopic (exact) mass is 404 g/mol. The Kier molecular flexibility index (Phi) is 6.97. The second kappa shape index (κ2) is 9.64. The van der Waals surface area contributed by atoms with E-state index in [4.69, 9.17) is 9.26 Å². The molecule has 1 aliphatic heterocycles. The SMILES string of the molecule is CCn1nccc1C(=O)N1CCCC(N(CCc2noc(COC)n2)C(C)=O)C1. The van der Waals surface area contributed by atoms with E-state index in [1.807, 2.05) is 16.7 Å². The topological polar surface area (TPSA) is 107 Å². The molecule has 2 aromatic heterocycles. The number of carbonyl (C=O) groups is 2. The first-order valence-electron chi connectivity index (χ1n) is 9.92. The molecule has 0 bridgehead atoms. The van der Waals surface area contributed by atoms with Crippen molar-refractivity contribution >= 4 is 11.8 Å². The van der Waals surface area contributed by atoms with Crippen LogP contribution in [0.3, 0.4) is 0 Å². The zero-order chi connectivity index (χ0) is 20.8. The van der Waals surface area contributed by atoms with Crippen molar-refractivity contribution in [1.82, 2.24) is 29.7 Å². The second-order valence-corrected chi connectivity index (χ2v) is 7.08. The average molecular weight is 404 g/mol. The van der Waals surface area contributed by atoms with E-state index in [1.54, 1.807) is 31.0 Å². The van der Waals surface area contributed by atoms with Gasteiger partial charge in [-0.25, -0.2) is 0 Å². The maximum Gasteiger partial charge on any atom is 0.272 e. The van der Waals surface area contributed by atoms with Crippen molar-refractivity contribution in [2.45, 2.75) is 52.3 Å². The van der Waals surface area contributed by atoms with Gasteiger partial charge in [0.2, 0.25) is 5.91 Å². The zero-order valence-corrected chi connectivity index (χ0v) is 17.2. The number of rotatable bonds is 8. The van der Waals surface area contributed by atoms with Crippen molar-refractivity contribution in [2.75, 3.05) is 26.7 Å². The van der Waals surface area contributed by atoms with Gasteiger partial charge in [-0.1, -0.05) is 5.16 Å². The lowest BCUT2D eigenvalue weighted by Gasteiger charge is -2.39. The molecule has 29 heavy (non-hydrogen) atoms. The summed E-state index contributed by atoms with van der Waals surface area (Å²) in [4.78, 5) is 33.1. The van der Waals surface area contributed by atoms with E-state index in [9.17, 15) is 9.59 Å². The molecule has 158 valence electrons. The van der Waals surface area contributed by atoms with Crippen molar-refractivity contribution < 1.29 is 18.8 Å². The molecule has 0 aliphatic carbocycles. The summed E-state index contributed by atoms with van der Waals surface area (Å²) in [6, 6.07) is 1.71. The van der Waals surface area contributed by atoms with Crippen LogP contribution >= 0.6 is 0 Å². The van der Waals surface area contributed by atoms with Crippen LogP contribution in [0.1, 0.15) is 48.9 Å². The summed E-state index contributed by atoms with van der Waals surface area (Å²) in [5.41, 5.74) is 0.583. The molecule has 1 fully saturated rings. The summed E-state index contributed by atoms with van der Waals surface area (Å²) in [5.74, 6) is 0.890. The molecule has 2 aromatic rings. The number of carbonyl (C=O) groups excluding carboxylic acids is 2. The van der Waals surface area contributed by atoms with Crippen molar-refractivity contribution in [1.29, 1.82) is 0 Å². The zero-order valence-electron chi connectivity index (χ0n) is 17.2. The minimum atomic E-state index is -0.0417. The van der Waals surface area contributed by atoms with Crippen molar-refractivity contribution in [2.24, 2.45) is 0 Å². The number of amides is 2. The number of aromatic nitrogens is 4. The Morgan fingerprint density at radius 1 is 1.41 bits per heavy atom. The highest BCUT2D eigenvalue weighted by atomic mass is 16.5. The number of methoxy groups -OCH3 is 1. The molecule has 0 N–H and O–H groups in total. The highest BCUT2D eigenvalue weighted by Gasteiger charge is 2.30. The molecule has 1 atom stereocenters. The summed E-state index contributed by atoms with van der Waals surface area (Å²) in [6.45, 7) is 6.07. The Bertz CT molecular complexity index is 832. The fourth-order valence-electron chi connectivity index (χ4n) is 3.71. The van der Waals surface area contributed by atoms with Crippen molar-refractivity contribution in [3.05, 3.63) is 29.7 Å². The normalized spacial score (nSPS) is 16.8. The second-order valence-electron chi connectivity index (χ2n) is 7.08. The fraction of sp³-hybridized carbons (Fsp3) is 0.632. The van der Waals surface area contributed by atoms with Gasteiger partial charge in [-0.15, -0.1) is 0 Å². The summed E-state index contributed by atoms with van der Waals surface area (Å²) < 4.78 is 11.8. The molecule has 0 aromatic carbocycles. The molecule has 0 spiro atoms. The lowest BCUT2D eigenvalue weighted by Crippen LogP contribution is -2.52. The Hall–Kier alpha value is -2.75. The molecule has 2 amide bonds. The van der Waals surface area contributed by atoms with Crippen LogP contribution in [0.25, 0.3) is 0 Å². The van der Waals surface area contributed by atoms with Crippen molar-refractivity contribution in [3.8, 4) is 0 Å². The lowest BCUT2D eigenvalue weighted by atomic mass is 10.0. The number of likely N-dealkylation sites (tertiary alicyclic amines) is 1. The van der Waals surface area contributed by atoms with E-state index in [2.05, 4.69) is 15.2 Å². The number of hydrogen-bond donors (Lipinski definition) is 0. The van der Waals surface area contributed by atoms with Gasteiger partial charge in [-0.2, -0.15) is 10.1 Å². The predicted molar refractivity (Wildman–Crippen MR) is 103 cm³/mol. The smallest absolute Gasteiger partial charge is 0.272 e. The van der Waals surface area contributed by atoms with Gasteiger partial charge in [-0.05, 0) is 25.8 Å². The molecule has 1 saturated heterocycles. The molecule has 0 saturated carbocycles. The Labute approximate surface area is 169 Å². The molecule has 1 unspecified atom stereocenters. The number of aryl methyl sites for hydroxylation is 1. The number of piperidine rings is 1. The maximum atomic E-state index is 12.9. The third-order valence-corrected chi connectivity index (χ3v) is 5.12. The standard InChI is InChI=1S/C19H28N6O4/c1-4-25-16(7-9-20-25)19(27)23-10-5-6-15(12-23)24(14(2)26)11-8-17-21-18(13-28-3)29-22-17/h7,9,15H,4-6,8,10-13H2,1-3H3. The predicted octanol–water partition coefficient (Wildman–Crippen LogP) is 1.13. The highest BCUT2D eigenvalue weighted by molar-refractivity contribution is 5.92. The highest BCUT2D eigenvalue weighted by Crippen LogP contribution is 2.19. The van der Waals surface area contributed by atoms with Crippen LogP contribution in [0.4, 0.5) is 0 Å². The van der Waals surface area contributed by atoms with E-state index in [-0.39, 0.29) is 24.5 Å². The van der Waals surface area contributed by atoms with Gasteiger partial charge >= 0.3 is 0 Å². The van der Waals surface area contributed by atoms with E-state index < -0.39 is 0 Å². The first-order chi connectivity index (χ1) is 14.0. The van der Waals surface area contributed by atoms with Crippen LogP contribution in [-0.4, -0.2) is 74.3 Å². The number of nitrogens with zero attached hydrogens (tertiary/aromatic N) is 6. The number of ether oxygens (including phenoxy) is 1. The van der Waals surface area contributed by atoms with Gasteiger partial charge in [0.05, 0.1) is 0 Å². The van der Waals surface area contributed by atoms with E-state index >= 15 is 0 Å². The van der Waals surface area contributed by atoms with Gasteiger partial charge in [-0.3, -0.25) is 14.3 Å². The third-order valence-electron chi connectivity index (χ3n) is 5.12. The molecule has 0 radical (unpaired) electrons. The maximum absolute atomic E-state index is 12.9. The molecule has 10 nitrogen and oxygen atoms in total. The van der Waals surface area contributed by atoms with Gasteiger partial charge in [0.1, 0.15) is 12.3 Å². The first-order valence-corrected chi connectivity index (χ1v) is 9.92. The summed E-state index contributed by atoms with van der Waals surface area (Å²) in [5, 5.41) is 8.11.